The monoisotopic (exact) mass is 512 g/mol. The van der Waals surface area contributed by atoms with E-state index in [1.807, 2.05) is 36.4 Å². The van der Waals surface area contributed by atoms with Gasteiger partial charge in [-0.25, -0.2) is 0 Å². The molecule has 0 saturated heterocycles. The van der Waals surface area contributed by atoms with Crippen LogP contribution in [0.3, 0.4) is 0 Å². The highest BCUT2D eigenvalue weighted by Crippen LogP contribution is 2.58. The van der Waals surface area contributed by atoms with Gasteiger partial charge in [-0.05, 0) is 30.5 Å². The molecular formula is C24H37N2O6PS. The molecule has 0 aromatic heterocycles. The molecule has 2 aromatic rings. The third kappa shape index (κ3) is 6.42. The van der Waals surface area contributed by atoms with Crippen molar-refractivity contribution in [2.45, 2.75) is 62.6 Å². The number of rotatable bonds is 10. The molecule has 2 atom stereocenters. The van der Waals surface area contributed by atoms with Crippen LogP contribution in [0, 0.1) is 0 Å². The Labute approximate surface area is 203 Å². The Balaban J connectivity index is 2.14. The highest BCUT2D eigenvalue weighted by Gasteiger charge is 2.42. The van der Waals surface area contributed by atoms with E-state index in [-0.39, 0.29) is 18.3 Å². The Kier molecular flexibility index (Phi) is 8.87. The van der Waals surface area contributed by atoms with Crippen molar-refractivity contribution in [2.75, 3.05) is 19.1 Å². The SMILES string of the molecule is CCCC[C@]1(CC)CS(O)(O)c2cc(CNCP(=O)(O)O)c(OC)cc2[C@@H](c2ccccc2)N1. The predicted molar refractivity (Wildman–Crippen MR) is 137 cm³/mol. The predicted octanol–water partition coefficient (Wildman–Crippen LogP) is 5.06. The summed E-state index contributed by atoms with van der Waals surface area (Å²) >= 11 is 0. The molecule has 6 N–H and O–H groups in total. The van der Waals surface area contributed by atoms with E-state index in [0.29, 0.717) is 16.2 Å². The molecule has 1 heterocycles. The zero-order valence-corrected chi connectivity index (χ0v) is 21.7. The number of hydrogen-bond donors (Lipinski definition) is 6. The molecule has 3 rings (SSSR count). The van der Waals surface area contributed by atoms with Crippen LogP contribution in [0.4, 0.5) is 0 Å². The maximum atomic E-state index is 11.5. The molecular weight excluding hydrogens is 475 g/mol. The molecule has 1 aliphatic heterocycles. The van der Waals surface area contributed by atoms with Gasteiger partial charge >= 0.3 is 7.60 Å². The summed E-state index contributed by atoms with van der Waals surface area (Å²) in [5.41, 5.74) is 1.91. The molecule has 190 valence electrons. The van der Waals surface area contributed by atoms with Crippen LogP contribution in [0.1, 0.15) is 62.3 Å². The van der Waals surface area contributed by atoms with Crippen molar-refractivity contribution < 1.29 is 28.2 Å². The van der Waals surface area contributed by atoms with E-state index in [2.05, 4.69) is 24.5 Å². The Morgan fingerprint density at radius 3 is 2.50 bits per heavy atom. The Bertz CT molecular complexity index is 1020. The second-order valence-corrected chi connectivity index (χ2v) is 12.7. The van der Waals surface area contributed by atoms with Gasteiger partial charge in [-0.2, -0.15) is 10.6 Å². The van der Waals surface area contributed by atoms with Gasteiger partial charge in [0.1, 0.15) is 5.75 Å². The van der Waals surface area contributed by atoms with Gasteiger partial charge in [0, 0.05) is 23.2 Å². The average Bonchev–Trinajstić information content (AvgIpc) is 2.89. The smallest absolute Gasteiger partial charge is 0.339 e. The summed E-state index contributed by atoms with van der Waals surface area (Å²) in [6.45, 7) is 4.33. The molecule has 34 heavy (non-hydrogen) atoms. The average molecular weight is 513 g/mol. The number of unbranched alkanes of at least 4 members (excludes halogenated alkanes) is 1. The van der Waals surface area contributed by atoms with Crippen molar-refractivity contribution in [3.63, 3.8) is 0 Å². The lowest BCUT2D eigenvalue weighted by Crippen LogP contribution is -2.49. The molecule has 10 heteroatoms. The molecule has 0 aliphatic carbocycles. The van der Waals surface area contributed by atoms with Crippen LogP contribution in [0.5, 0.6) is 5.75 Å². The van der Waals surface area contributed by atoms with Gasteiger partial charge in [-0.1, -0.05) is 57.0 Å². The first kappa shape index (κ1) is 27.2. The number of nitrogens with one attached hydrogen (secondary N) is 2. The highest BCUT2D eigenvalue weighted by molar-refractivity contribution is 8.24. The van der Waals surface area contributed by atoms with Gasteiger partial charge < -0.3 is 19.8 Å². The standard InChI is InChI=1S/C24H37N2O6PS/c1-4-6-12-24(5-2)16-34(30,31)22-13-19(15-25-17-33(27,28)29)21(32-3)14-20(22)23(26-24)18-10-8-7-9-11-18/h7-11,13-14,23,25-26,30-31H,4-6,12,15-17H2,1-3H3,(H2,27,28,29)/t23-,24-/m1/s1. The molecule has 0 bridgehead atoms. The summed E-state index contributed by atoms with van der Waals surface area (Å²) in [5.74, 6) is 0.724. The lowest BCUT2D eigenvalue weighted by Gasteiger charge is -2.42. The van der Waals surface area contributed by atoms with Crippen molar-refractivity contribution >= 4 is 18.2 Å². The van der Waals surface area contributed by atoms with Crippen molar-refractivity contribution in [3.8, 4) is 5.75 Å². The van der Waals surface area contributed by atoms with E-state index in [1.165, 1.54) is 7.11 Å². The van der Waals surface area contributed by atoms with E-state index in [1.54, 1.807) is 6.07 Å². The van der Waals surface area contributed by atoms with Crippen LogP contribution in [-0.4, -0.2) is 43.6 Å². The Morgan fingerprint density at radius 1 is 1.21 bits per heavy atom. The van der Waals surface area contributed by atoms with Crippen LogP contribution in [0.25, 0.3) is 0 Å². The summed E-state index contributed by atoms with van der Waals surface area (Å²) in [6.07, 6.45) is 3.06. The first-order chi connectivity index (χ1) is 16.0. The van der Waals surface area contributed by atoms with Gasteiger partial charge in [-0.3, -0.25) is 19.0 Å². The summed E-state index contributed by atoms with van der Waals surface area (Å²) in [7, 11) is -5.86. The third-order valence-corrected chi connectivity index (χ3v) is 9.10. The van der Waals surface area contributed by atoms with E-state index in [9.17, 15) is 23.5 Å². The van der Waals surface area contributed by atoms with Crippen LogP contribution < -0.4 is 15.4 Å². The van der Waals surface area contributed by atoms with Gasteiger partial charge in [0.25, 0.3) is 0 Å². The first-order valence-corrected chi connectivity index (χ1v) is 15.1. The number of fused-ring (bicyclic) bond motifs is 1. The van der Waals surface area contributed by atoms with E-state index >= 15 is 0 Å². The van der Waals surface area contributed by atoms with Crippen molar-refractivity contribution in [1.29, 1.82) is 0 Å². The summed E-state index contributed by atoms with van der Waals surface area (Å²) in [4.78, 5) is 18.8. The molecule has 0 amide bonds. The van der Waals surface area contributed by atoms with Gasteiger partial charge in [0.15, 0.2) is 0 Å². The molecule has 0 spiro atoms. The lowest BCUT2D eigenvalue weighted by atomic mass is 9.88. The minimum atomic E-state index is -4.22. The first-order valence-electron chi connectivity index (χ1n) is 11.6. The number of benzene rings is 2. The van der Waals surface area contributed by atoms with Crippen LogP contribution in [-0.2, 0) is 11.1 Å². The third-order valence-electron chi connectivity index (χ3n) is 6.46. The van der Waals surface area contributed by atoms with Crippen molar-refractivity contribution in [1.82, 2.24) is 10.6 Å². The fraction of sp³-hybridized carbons (Fsp3) is 0.500. The molecule has 2 aromatic carbocycles. The second kappa shape index (κ2) is 11.1. The van der Waals surface area contributed by atoms with Crippen LogP contribution >= 0.6 is 18.2 Å². The zero-order chi connectivity index (χ0) is 25.0. The Hall–Kier alpha value is -1.42. The maximum absolute atomic E-state index is 11.5. The molecule has 0 unspecified atom stereocenters. The van der Waals surface area contributed by atoms with Gasteiger partial charge in [0.05, 0.1) is 30.1 Å². The van der Waals surface area contributed by atoms with Gasteiger partial charge in [0.2, 0.25) is 0 Å². The summed E-state index contributed by atoms with van der Waals surface area (Å²) in [6, 6.07) is 13.2. The topological polar surface area (TPSA) is 131 Å². The zero-order valence-electron chi connectivity index (χ0n) is 20.0. The molecule has 1 aliphatic rings. The minimum absolute atomic E-state index is 0.120. The Morgan fingerprint density at radius 2 is 1.91 bits per heavy atom. The van der Waals surface area contributed by atoms with E-state index in [0.717, 1.165) is 36.8 Å². The van der Waals surface area contributed by atoms with Crippen molar-refractivity contribution in [2.24, 2.45) is 0 Å². The summed E-state index contributed by atoms with van der Waals surface area (Å²) in [5, 5.41) is 6.55. The molecule has 0 saturated carbocycles. The largest absolute Gasteiger partial charge is 0.496 e. The molecule has 0 fully saturated rings. The van der Waals surface area contributed by atoms with Crippen LogP contribution in [0.2, 0.25) is 0 Å². The van der Waals surface area contributed by atoms with E-state index < -0.39 is 30.0 Å². The molecule has 0 radical (unpaired) electrons. The fourth-order valence-corrected chi connectivity index (χ4v) is 7.27. The number of hydrogen-bond acceptors (Lipinski definition) is 6. The fourth-order valence-electron chi connectivity index (χ4n) is 4.63. The minimum Gasteiger partial charge on any atom is -0.496 e. The number of methoxy groups -OCH3 is 1. The molecule has 8 nitrogen and oxygen atoms in total. The highest BCUT2D eigenvalue weighted by atomic mass is 32.3. The second-order valence-electron chi connectivity index (χ2n) is 8.99. The maximum Gasteiger partial charge on any atom is 0.339 e. The quantitative estimate of drug-likeness (QED) is 0.244. The number of ether oxygens (including phenoxy) is 1. The van der Waals surface area contributed by atoms with E-state index in [4.69, 9.17) is 4.74 Å². The van der Waals surface area contributed by atoms with Crippen molar-refractivity contribution in [3.05, 3.63) is 59.2 Å². The normalized spacial score (nSPS) is 23.1. The van der Waals surface area contributed by atoms with Crippen LogP contribution in [0.15, 0.2) is 47.4 Å². The summed E-state index contributed by atoms with van der Waals surface area (Å²) < 4.78 is 39.9. The lowest BCUT2D eigenvalue weighted by molar-refractivity contribution is 0.290. The van der Waals surface area contributed by atoms with Gasteiger partial charge in [-0.15, -0.1) is 0 Å².